The van der Waals surface area contributed by atoms with Crippen LogP contribution in [0.25, 0.3) is 0 Å². The van der Waals surface area contributed by atoms with Gasteiger partial charge in [0, 0.05) is 32.8 Å². The van der Waals surface area contributed by atoms with Gasteiger partial charge < -0.3 is 19.2 Å². The zero-order valence-corrected chi connectivity index (χ0v) is 12.6. The summed E-state index contributed by atoms with van der Waals surface area (Å²) >= 11 is 0. The first-order valence-electron chi connectivity index (χ1n) is 7.55. The van der Waals surface area contributed by atoms with Crippen LogP contribution in [0.1, 0.15) is 47.8 Å². The molecule has 116 valence electrons. The fraction of sp³-hybridized carbons (Fsp3) is 0.733. The summed E-state index contributed by atoms with van der Waals surface area (Å²) < 4.78 is 16.7. The number of aryl methyl sites for hydroxylation is 2. The maximum atomic E-state index is 12.3. The number of ether oxygens (including phenoxy) is 2. The van der Waals surface area contributed by atoms with E-state index in [1.165, 1.54) is 0 Å². The molecule has 1 aromatic heterocycles. The van der Waals surface area contributed by atoms with Crippen molar-refractivity contribution in [2.24, 2.45) is 0 Å². The molecule has 1 aromatic rings. The van der Waals surface area contributed by atoms with Crippen LogP contribution in [-0.2, 0) is 9.47 Å². The number of rotatable bonds is 2. The Morgan fingerprint density at radius 2 is 2.05 bits per heavy atom. The fourth-order valence-corrected chi connectivity index (χ4v) is 3.24. The van der Waals surface area contributed by atoms with E-state index in [4.69, 9.17) is 13.9 Å². The SMILES string of the molecule is Cc1nc(C(=O)N[C@@H]2CCOC3(CCOCC3)C2)c(C)o1. The molecule has 1 spiro atoms. The van der Waals surface area contributed by atoms with Crippen molar-refractivity contribution >= 4 is 5.91 Å². The number of hydrogen-bond acceptors (Lipinski definition) is 5. The van der Waals surface area contributed by atoms with Gasteiger partial charge in [-0.05, 0) is 32.6 Å². The first kappa shape index (κ1) is 14.5. The summed E-state index contributed by atoms with van der Waals surface area (Å²) in [7, 11) is 0. The summed E-state index contributed by atoms with van der Waals surface area (Å²) in [4.78, 5) is 16.5. The Bertz CT molecular complexity index is 514. The minimum Gasteiger partial charge on any atom is -0.445 e. The highest BCUT2D eigenvalue weighted by atomic mass is 16.5. The van der Waals surface area contributed by atoms with Gasteiger partial charge in [0.2, 0.25) is 0 Å². The highest BCUT2D eigenvalue weighted by Crippen LogP contribution is 2.34. The number of carbonyl (C=O) groups is 1. The minimum atomic E-state index is -0.154. The van der Waals surface area contributed by atoms with Crippen LogP contribution < -0.4 is 5.32 Å². The number of nitrogens with one attached hydrogen (secondary N) is 1. The van der Waals surface area contributed by atoms with E-state index in [-0.39, 0.29) is 17.6 Å². The number of carbonyl (C=O) groups excluding carboxylic acids is 1. The van der Waals surface area contributed by atoms with Crippen molar-refractivity contribution in [3.05, 3.63) is 17.3 Å². The predicted octanol–water partition coefficient (Wildman–Crippen LogP) is 1.75. The van der Waals surface area contributed by atoms with Gasteiger partial charge in [-0.25, -0.2) is 4.98 Å². The molecule has 0 aromatic carbocycles. The summed E-state index contributed by atoms with van der Waals surface area (Å²) in [6.45, 7) is 5.67. The van der Waals surface area contributed by atoms with Gasteiger partial charge in [-0.1, -0.05) is 0 Å². The lowest BCUT2D eigenvalue weighted by Gasteiger charge is -2.43. The van der Waals surface area contributed by atoms with Gasteiger partial charge in [-0.15, -0.1) is 0 Å². The van der Waals surface area contributed by atoms with E-state index in [1.807, 2.05) is 0 Å². The van der Waals surface area contributed by atoms with Crippen LogP contribution in [0.3, 0.4) is 0 Å². The Balaban J connectivity index is 1.64. The molecule has 2 aliphatic rings. The van der Waals surface area contributed by atoms with Gasteiger partial charge in [0.15, 0.2) is 11.6 Å². The minimum absolute atomic E-state index is 0.122. The van der Waals surface area contributed by atoms with Crippen molar-refractivity contribution in [3.8, 4) is 0 Å². The molecule has 21 heavy (non-hydrogen) atoms. The maximum absolute atomic E-state index is 12.3. The molecule has 3 rings (SSSR count). The van der Waals surface area contributed by atoms with Gasteiger partial charge in [0.05, 0.1) is 5.60 Å². The molecule has 0 unspecified atom stereocenters. The number of aromatic nitrogens is 1. The molecule has 1 N–H and O–H groups in total. The quantitative estimate of drug-likeness (QED) is 0.899. The maximum Gasteiger partial charge on any atom is 0.273 e. The highest BCUT2D eigenvalue weighted by Gasteiger charge is 2.39. The smallest absolute Gasteiger partial charge is 0.273 e. The molecular formula is C15H22N2O4. The van der Waals surface area contributed by atoms with Gasteiger partial charge >= 0.3 is 0 Å². The molecule has 0 radical (unpaired) electrons. The summed E-state index contributed by atoms with van der Waals surface area (Å²) in [6.07, 6.45) is 3.49. The van der Waals surface area contributed by atoms with Gasteiger partial charge in [-0.3, -0.25) is 4.79 Å². The van der Waals surface area contributed by atoms with Crippen LogP contribution in [0.4, 0.5) is 0 Å². The normalized spacial score (nSPS) is 25.0. The van der Waals surface area contributed by atoms with Gasteiger partial charge in [-0.2, -0.15) is 0 Å². The van der Waals surface area contributed by atoms with Crippen molar-refractivity contribution in [2.45, 2.75) is 51.2 Å². The molecule has 2 fully saturated rings. The van der Waals surface area contributed by atoms with Crippen LogP contribution in [-0.4, -0.2) is 42.4 Å². The molecule has 1 amide bonds. The average molecular weight is 294 g/mol. The standard InChI is InChI=1S/C15H22N2O4/c1-10-13(16-11(2)21-10)14(18)17-12-3-6-20-15(9-12)4-7-19-8-5-15/h12H,3-9H2,1-2H3,(H,17,18)/t12-/m1/s1. The second-order valence-corrected chi connectivity index (χ2v) is 5.94. The summed E-state index contributed by atoms with van der Waals surface area (Å²) in [5.41, 5.74) is 0.267. The third-order valence-electron chi connectivity index (χ3n) is 4.35. The molecular weight excluding hydrogens is 272 g/mol. The van der Waals surface area contributed by atoms with E-state index in [2.05, 4.69) is 10.3 Å². The molecule has 1 atom stereocenters. The average Bonchev–Trinajstić information content (AvgIpc) is 2.79. The molecule has 0 bridgehead atoms. The molecule has 2 saturated heterocycles. The van der Waals surface area contributed by atoms with Crippen molar-refractivity contribution < 1.29 is 18.7 Å². The Hall–Kier alpha value is -1.40. The second kappa shape index (κ2) is 5.77. The van der Waals surface area contributed by atoms with E-state index >= 15 is 0 Å². The number of hydrogen-bond donors (Lipinski definition) is 1. The lowest BCUT2D eigenvalue weighted by atomic mass is 9.84. The lowest BCUT2D eigenvalue weighted by Crippen LogP contribution is -2.51. The van der Waals surface area contributed by atoms with Crippen LogP contribution in [0.5, 0.6) is 0 Å². The Morgan fingerprint density at radius 3 is 2.71 bits per heavy atom. The highest BCUT2D eigenvalue weighted by molar-refractivity contribution is 5.93. The van der Waals surface area contributed by atoms with E-state index < -0.39 is 0 Å². The van der Waals surface area contributed by atoms with E-state index in [0.29, 0.717) is 24.0 Å². The Labute approximate surface area is 124 Å². The molecule has 6 heteroatoms. The van der Waals surface area contributed by atoms with E-state index in [0.717, 1.165) is 38.9 Å². The van der Waals surface area contributed by atoms with E-state index in [1.54, 1.807) is 13.8 Å². The fourth-order valence-electron chi connectivity index (χ4n) is 3.24. The summed E-state index contributed by atoms with van der Waals surface area (Å²) in [6, 6.07) is 0.126. The first-order valence-corrected chi connectivity index (χ1v) is 7.55. The predicted molar refractivity (Wildman–Crippen MR) is 75.2 cm³/mol. The molecule has 3 heterocycles. The second-order valence-electron chi connectivity index (χ2n) is 5.94. The topological polar surface area (TPSA) is 73.6 Å². The molecule has 2 aliphatic heterocycles. The van der Waals surface area contributed by atoms with Crippen LogP contribution in [0.15, 0.2) is 4.42 Å². The van der Waals surface area contributed by atoms with E-state index in [9.17, 15) is 4.79 Å². The molecule has 0 aliphatic carbocycles. The Morgan fingerprint density at radius 1 is 1.29 bits per heavy atom. The van der Waals surface area contributed by atoms with Gasteiger partial charge in [0.1, 0.15) is 5.76 Å². The number of oxazole rings is 1. The van der Waals surface area contributed by atoms with Crippen molar-refractivity contribution in [1.29, 1.82) is 0 Å². The molecule has 6 nitrogen and oxygen atoms in total. The number of amides is 1. The van der Waals surface area contributed by atoms with Crippen LogP contribution >= 0.6 is 0 Å². The van der Waals surface area contributed by atoms with Gasteiger partial charge in [0.25, 0.3) is 5.91 Å². The third-order valence-corrected chi connectivity index (χ3v) is 4.35. The lowest BCUT2D eigenvalue weighted by molar-refractivity contribution is -0.139. The zero-order chi connectivity index (χ0) is 14.9. The van der Waals surface area contributed by atoms with Crippen LogP contribution in [0.2, 0.25) is 0 Å². The third kappa shape index (κ3) is 3.11. The number of nitrogens with zero attached hydrogens (tertiary/aromatic N) is 1. The van der Waals surface area contributed by atoms with Crippen LogP contribution in [0, 0.1) is 13.8 Å². The zero-order valence-electron chi connectivity index (χ0n) is 12.6. The largest absolute Gasteiger partial charge is 0.445 e. The van der Waals surface area contributed by atoms with Crippen molar-refractivity contribution in [2.75, 3.05) is 19.8 Å². The van der Waals surface area contributed by atoms with Crippen molar-refractivity contribution in [3.63, 3.8) is 0 Å². The first-order chi connectivity index (χ1) is 10.1. The monoisotopic (exact) mass is 294 g/mol. The Kier molecular flexibility index (Phi) is 3.99. The summed E-state index contributed by atoms with van der Waals surface area (Å²) in [5, 5.41) is 3.08. The molecule has 0 saturated carbocycles. The van der Waals surface area contributed by atoms with Crippen molar-refractivity contribution in [1.82, 2.24) is 10.3 Å². The summed E-state index contributed by atoms with van der Waals surface area (Å²) in [5.74, 6) is 0.932.